The van der Waals surface area contributed by atoms with E-state index < -0.39 is 0 Å². The van der Waals surface area contributed by atoms with Gasteiger partial charge in [0, 0.05) is 5.56 Å². The van der Waals surface area contributed by atoms with Crippen molar-refractivity contribution >= 4 is 40.4 Å². The quantitative estimate of drug-likeness (QED) is 0.435. The average Bonchev–Trinajstić information content (AvgIpc) is 2.89. The van der Waals surface area contributed by atoms with Gasteiger partial charge in [0.05, 0.1) is 16.3 Å². The second kappa shape index (κ2) is 6.36. The van der Waals surface area contributed by atoms with Crippen molar-refractivity contribution in [1.29, 1.82) is 0 Å². The maximum absolute atomic E-state index is 12.0. The molecule has 0 saturated carbocycles. The van der Waals surface area contributed by atoms with Crippen molar-refractivity contribution in [2.24, 2.45) is 0 Å². The lowest BCUT2D eigenvalue weighted by Crippen LogP contribution is -1.97. The van der Waals surface area contributed by atoms with Crippen LogP contribution in [0.5, 0.6) is 5.75 Å². The number of hydrogen-bond donors (Lipinski definition) is 0. The first-order valence-corrected chi connectivity index (χ1v) is 7.80. The van der Waals surface area contributed by atoms with Crippen LogP contribution >= 0.6 is 22.6 Å². The van der Waals surface area contributed by atoms with Crippen LogP contribution in [0.3, 0.4) is 0 Å². The Hall–Kier alpha value is -2.08. The van der Waals surface area contributed by atoms with Crippen LogP contribution in [0.25, 0.3) is 11.8 Å². The van der Waals surface area contributed by atoms with Crippen molar-refractivity contribution in [3.05, 3.63) is 74.9 Å². The number of rotatable bonds is 3. The van der Waals surface area contributed by atoms with Gasteiger partial charge in [-0.1, -0.05) is 36.4 Å². The predicted octanol–water partition coefficient (Wildman–Crippen LogP) is 4.28. The lowest BCUT2D eigenvalue weighted by Gasteiger charge is -2.03. The van der Waals surface area contributed by atoms with Crippen LogP contribution in [0.4, 0.5) is 0 Å². The van der Waals surface area contributed by atoms with Crippen molar-refractivity contribution in [3.8, 4) is 5.75 Å². The molecule has 110 valence electrons. The number of esters is 1. The van der Waals surface area contributed by atoms with E-state index in [9.17, 15) is 4.79 Å². The van der Waals surface area contributed by atoms with Crippen LogP contribution in [-0.2, 0) is 9.53 Å². The molecule has 0 amide bonds. The van der Waals surface area contributed by atoms with Gasteiger partial charge in [0.15, 0.2) is 0 Å². The number of ether oxygens (including phenoxy) is 2. The molecule has 0 spiro atoms. The lowest BCUT2D eigenvalue weighted by molar-refractivity contribution is -0.130. The van der Waals surface area contributed by atoms with Gasteiger partial charge in [-0.05, 0) is 52.4 Å². The molecular weight excluding hydrogens is 391 g/mol. The molecule has 0 atom stereocenters. The highest BCUT2D eigenvalue weighted by molar-refractivity contribution is 14.1. The molecule has 0 radical (unpaired) electrons. The standard InChI is InChI=1S/C18H13IO3/c1-21-16-8-7-12(10-15(16)19)9-14-11-17(22-18(14)20)13-5-3-2-4-6-13/h2-11H,1H3. The summed E-state index contributed by atoms with van der Waals surface area (Å²) in [6.07, 6.45) is 3.59. The highest BCUT2D eigenvalue weighted by Gasteiger charge is 2.21. The molecule has 0 aromatic heterocycles. The molecule has 0 fully saturated rings. The summed E-state index contributed by atoms with van der Waals surface area (Å²) in [7, 11) is 1.64. The molecular formula is C18H13IO3. The van der Waals surface area contributed by atoms with Crippen molar-refractivity contribution in [2.45, 2.75) is 0 Å². The molecule has 3 rings (SSSR count). The zero-order valence-electron chi connectivity index (χ0n) is 11.9. The fraction of sp³-hybridized carbons (Fsp3) is 0.0556. The highest BCUT2D eigenvalue weighted by Crippen LogP contribution is 2.28. The summed E-state index contributed by atoms with van der Waals surface area (Å²) >= 11 is 2.21. The predicted molar refractivity (Wildman–Crippen MR) is 94.2 cm³/mol. The number of cyclic esters (lactones) is 1. The summed E-state index contributed by atoms with van der Waals surface area (Å²) in [6.45, 7) is 0. The Morgan fingerprint density at radius 2 is 1.91 bits per heavy atom. The Bertz CT molecular complexity index is 776. The van der Waals surface area contributed by atoms with Gasteiger partial charge in [-0.3, -0.25) is 0 Å². The third kappa shape index (κ3) is 3.06. The smallest absolute Gasteiger partial charge is 0.343 e. The summed E-state index contributed by atoms with van der Waals surface area (Å²) in [5.74, 6) is 1.07. The maximum atomic E-state index is 12.0. The Kier molecular flexibility index (Phi) is 4.29. The first-order valence-electron chi connectivity index (χ1n) is 6.72. The van der Waals surface area contributed by atoms with Crippen molar-refractivity contribution in [3.63, 3.8) is 0 Å². The van der Waals surface area contributed by atoms with E-state index in [1.165, 1.54) is 0 Å². The molecule has 22 heavy (non-hydrogen) atoms. The van der Waals surface area contributed by atoms with E-state index in [4.69, 9.17) is 9.47 Å². The summed E-state index contributed by atoms with van der Waals surface area (Å²) < 4.78 is 11.6. The Balaban J connectivity index is 1.92. The van der Waals surface area contributed by atoms with Crippen LogP contribution in [0.15, 0.2) is 60.2 Å². The Morgan fingerprint density at radius 1 is 1.14 bits per heavy atom. The Labute approximate surface area is 142 Å². The van der Waals surface area contributed by atoms with Gasteiger partial charge in [0.2, 0.25) is 0 Å². The second-order valence-corrected chi connectivity index (χ2v) is 5.92. The molecule has 0 aliphatic carbocycles. The van der Waals surface area contributed by atoms with Crippen LogP contribution in [0.1, 0.15) is 11.1 Å². The minimum absolute atomic E-state index is 0.329. The molecule has 0 bridgehead atoms. The van der Waals surface area contributed by atoms with Gasteiger partial charge in [0.25, 0.3) is 0 Å². The summed E-state index contributed by atoms with van der Waals surface area (Å²) in [5.41, 5.74) is 2.37. The van der Waals surface area contributed by atoms with E-state index >= 15 is 0 Å². The van der Waals surface area contributed by atoms with Crippen molar-refractivity contribution in [2.75, 3.05) is 7.11 Å². The number of halogens is 1. The van der Waals surface area contributed by atoms with Crippen LogP contribution in [0, 0.1) is 3.57 Å². The van der Waals surface area contributed by atoms with Crippen molar-refractivity contribution in [1.82, 2.24) is 0 Å². The van der Waals surface area contributed by atoms with E-state index in [1.807, 2.05) is 54.6 Å². The zero-order chi connectivity index (χ0) is 15.5. The molecule has 2 aromatic carbocycles. The molecule has 0 saturated heterocycles. The van der Waals surface area contributed by atoms with Gasteiger partial charge in [0.1, 0.15) is 11.5 Å². The van der Waals surface area contributed by atoms with Crippen LogP contribution in [-0.4, -0.2) is 13.1 Å². The van der Waals surface area contributed by atoms with Gasteiger partial charge in [-0.15, -0.1) is 0 Å². The van der Waals surface area contributed by atoms with E-state index in [1.54, 1.807) is 13.2 Å². The monoisotopic (exact) mass is 404 g/mol. The van der Waals surface area contributed by atoms with Crippen LogP contribution in [0.2, 0.25) is 0 Å². The summed E-state index contributed by atoms with van der Waals surface area (Å²) in [5, 5.41) is 0. The molecule has 4 heteroatoms. The van der Waals surface area contributed by atoms with Gasteiger partial charge in [-0.2, -0.15) is 0 Å². The number of benzene rings is 2. The van der Waals surface area contributed by atoms with E-state index in [0.29, 0.717) is 11.3 Å². The zero-order valence-corrected chi connectivity index (χ0v) is 14.0. The first-order chi connectivity index (χ1) is 10.7. The van der Waals surface area contributed by atoms with Crippen molar-refractivity contribution < 1.29 is 14.3 Å². The molecule has 3 nitrogen and oxygen atoms in total. The molecule has 2 aromatic rings. The lowest BCUT2D eigenvalue weighted by atomic mass is 10.1. The molecule has 0 N–H and O–H groups in total. The molecule has 1 aliphatic heterocycles. The van der Waals surface area contributed by atoms with Gasteiger partial charge < -0.3 is 9.47 Å². The summed E-state index contributed by atoms with van der Waals surface area (Å²) in [6, 6.07) is 15.3. The largest absolute Gasteiger partial charge is 0.496 e. The van der Waals surface area contributed by atoms with E-state index in [0.717, 1.165) is 20.4 Å². The normalized spacial score (nSPS) is 15.6. The minimum atomic E-state index is -0.329. The number of carbonyl (C=O) groups is 1. The first kappa shape index (κ1) is 14.8. The number of methoxy groups -OCH3 is 1. The fourth-order valence-electron chi connectivity index (χ4n) is 2.19. The maximum Gasteiger partial charge on any atom is 0.343 e. The van der Waals surface area contributed by atoms with Crippen LogP contribution < -0.4 is 4.74 Å². The van der Waals surface area contributed by atoms with Gasteiger partial charge in [-0.25, -0.2) is 4.79 Å². The fourth-order valence-corrected chi connectivity index (χ4v) is 2.95. The SMILES string of the molecule is COc1ccc(C=C2C=C(c3ccccc3)OC2=O)cc1I. The Morgan fingerprint density at radius 3 is 2.59 bits per heavy atom. The highest BCUT2D eigenvalue weighted by atomic mass is 127. The van der Waals surface area contributed by atoms with Gasteiger partial charge >= 0.3 is 5.97 Å². The molecule has 1 heterocycles. The summed E-state index contributed by atoms with van der Waals surface area (Å²) in [4.78, 5) is 12.0. The topological polar surface area (TPSA) is 35.5 Å². The third-order valence-corrected chi connectivity index (χ3v) is 4.12. The minimum Gasteiger partial charge on any atom is -0.496 e. The second-order valence-electron chi connectivity index (χ2n) is 4.76. The van der Waals surface area contributed by atoms with E-state index in [-0.39, 0.29) is 5.97 Å². The number of carbonyl (C=O) groups excluding carboxylic acids is 1. The molecule has 1 aliphatic rings. The average molecular weight is 404 g/mol. The third-order valence-electron chi connectivity index (χ3n) is 3.28. The number of hydrogen-bond acceptors (Lipinski definition) is 3. The van der Waals surface area contributed by atoms with E-state index in [2.05, 4.69) is 22.6 Å². The molecule has 0 unspecified atom stereocenters.